The van der Waals surface area contributed by atoms with Gasteiger partial charge < -0.3 is 14.8 Å². The van der Waals surface area contributed by atoms with Crippen molar-refractivity contribution in [2.45, 2.75) is 20.1 Å². The van der Waals surface area contributed by atoms with Gasteiger partial charge in [-0.15, -0.1) is 0 Å². The molecule has 1 aromatic carbocycles. The normalized spacial score (nSPS) is 10.4. The fourth-order valence-electron chi connectivity index (χ4n) is 1.85. The topological polar surface area (TPSA) is 43.4 Å². The highest BCUT2D eigenvalue weighted by atomic mass is 35.5. The van der Waals surface area contributed by atoms with Gasteiger partial charge in [0.05, 0.1) is 31.0 Å². The molecule has 0 aliphatic heterocycles. The highest BCUT2D eigenvalue weighted by Crippen LogP contribution is 2.18. The predicted molar refractivity (Wildman–Crippen MR) is 84.9 cm³/mol. The number of hydrogen-bond donors (Lipinski definition) is 1. The van der Waals surface area contributed by atoms with Crippen molar-refractivity contribution in [2.75, 3.05) is 19.0 Å². The van der Waals surface area contributed by atoms with Crippen LogP contribution in [0.15, 0.2) is 36.4 Å². The number of pyridine rings is 1. The van der Waals surface area contributed by atoms with Crippen LogP contribution in [0, 0.1) is 0 Å². The van der Waals surface area contributed by atoms with Crippen molar-refractivity contribution in [1.82, 2.24) is 4.98 Å². The second-order valence-corrected chi connectivity index (χ2v) is 4.90. The molecule has 0 saturated heterocycles. The van der Waals surface area contributed by atoms with Crippen LogP contribution in [-0.2, 0) is 18.0 Å². The van der Waals surface area contributed by atoms with Crippen molar-refractivity contribution in [3.05, 3.63) is 52.7 Å². The van der Waals surface area contributed by atoms with Crippen LogP contribution in [0.1, 0.15) is 18.2 Å². The summed E-state index contributed by atoms with van der Waals surface area (Å²) >= 11 is 6.13. The van der Waals surface area contributed by atoms with Crippen LogP contribution in [0.2, 0.25) is 5.02 Å². The maximum Gasteiger partial charge on any atom is 0.126 e. The van der Waals surface area contributed by atoms with Gasteiger partial charge in [0, 0.05) is 6.54 Å². The first-order valence-corrected chi connectivity index (χ1v) is 7.20. The summed E-state index contributed by atoms with van der Waals surface area (Å²) in [6.45, 7) is 3.73. The van der Waals surface area contributed by atoms with Crippen molar-refractivity contribution >= 4 is 17.4 Å². The number of halogens is 1. The molecular formula is C16H19ClN2O2. The second-order valence-electron chi connectivity index (χ2n) is 4.50. The monoisotopic (exact) mass is 306 g/mol. The molecule has 1 aromatic heterocycles. The second kappa shape index (κ2) is 7.86. The van der Waals surface area contributed by atoms with Crippen LogP contribution >= 0.6 is 11.6 Å². The SMILES string of the molecule is CCNc1ccc(Cl)c(COCc2ccc(OC)cc2)n1. The lowest BCUT2D eigenvalue weighted by Crippen LogP contribution is -2.03. The summed E-state index contributed by atoms with van der Waals surface area (Å²) < 4.78 is 10.8. The summed E-state index contributed by atoms with van der Waals surface area (Å²) in [4.78, 5) is 4.43. The molecule has 0 fully saturated rings. The van der Waals surface area contributed by atoms with Crippen molar-refractivity contribution < 1.29 is 9.47 Å². The van der Waals surface area contributed by atoms with Gasteiger partial charge in [-0.1, -0.05) is 23.7 Å². The molecule has 0 unspecified atom stereocenters. The Bertz CT molecular complexity index is 573. The van der Waals surface area contributed by atoms with Gasteiger partial charge in [0.1, 0.15) is 11.6 Å². The Kier molecular flexibility index (Phi) is 5.84. The molecule has 4 nitrogen and oxygen atoms in total. The van der Waals surface area contributed by atoms with Gasteiger partial charge in [-0.3, -0.25) is 0 Å². The Balaban J connectivity index is 1.91. The molecule has 21 heavy (non-hydrogen) atoms. The molecule has 0 amide bonds. The molecule has 1 heterocycles. The smallest absolute Gasteiger partial charge is 0.126 e. The number of anilines is 1. The lowest BCUT2D eigenvalue weighted by atomic mass is 10.2. The van der Waals surface area contributed by atoms with E-state index in [1.54, 1.807) is 7.11 Å². The number of ether oxygens (including phenoxy) is 2. The number of methoxy groups -OCH3 is 1. The van der Waals surface area contributed by atoms with Crippen molar-refractivity contribution in [1.29, 1.82) is 0 Å². The van der Waals surface area contributed by atoms with Crippen molar-refractivity contribution in [2.24, 2.45) is 0 Å². The molecule has 1 N–H and O–H groups in total. The number of nitrogens with one attached hydrogen (secondary N) is 1. The molecule has 5 heteroatoms. The van der Waals surface area contributed by atoms with Crippen LogP contribution in [0.5, 0.6) is 5.75 Å². The van der Waals surface area contributed by atoms with Crippen LogP contribution < -0.4 is 10.1 Å². The van der Waals surface area contributed by atoms with E-state index in [1.165, 1.54) is 0 Å². The Labute approximate surface area is 130 Å². The Hall–Kier alpha value is -1.78. The number of rotatable bonds is 7. The van der Waals surface area contributed by atoms with Crippen molar-refractivity contribution in [3.8, 4) is 5.75 Å². The minimum Gasteiger partial charge on any atom is -0.497 e. The Morgan fingerprint density at radius 1 is 1.10 bits per heavy atom. The molecule has 0 radical (unpaired) electrons. The van der Waals surface area contributed by atoms with Gasteiger partial charge in [0.2, 0.25) is 0 Å². The average molecular weight is 307 g/mol. The van der Waals surface area contributed by atoms with E-state index in [4.69, 9.17) is 21.1 Å². The largest absolute Gasteiger partial charge is 0.497 e. The molecule has 0 spiro atoms. The molecule has 0 saturated carbocycles. The third kappa shape index (κ3) is 4.62. The van der Waals surface area contributed by atoms with Crippen LogP contribution in [0.25, 0.3) is 0 Å². The van der Waals surface area contributed by atoms with Crippen LogP contribution in [0.3, 0.4) is 0 Å². The zero-order valence-electron chi connectivity index (χ0n) is 12.2. The molecule has 112 valence electrons. The number of hydrogen-bond acceptors (Lipinski definition) is 4. The van der Waals surface area contributed by atoms with Crippen molar-refractivity contribution in [3.63, 3.8) is 0 Å². The summed E-state index contributed by atoms with van der Waals surface area (Å²) in [5.74, 6) is 1.65. The first-order chi connectivity index (χ1) is 10.2. The molecular weight excluding hydrogens is 288 g/mol. The lowest BCUT2D eigenvalue weighted by molar-refractivity contribution is 0.105. The van der Waals surface area contributed by atoms with E-state index in [2.05, 4.69) is 10.3 Å². The van der Waals surface area contributed by atoms with E-state index < -0.39 is 0 Å². The highest BCUT2D eigenvalue weighted by molar-refractivity contribution is 6.31. The summed E-state index contributed by atoms with van der Waals surface area (Å²) in [5, 5.41) is 3.77. The van der Waals surface area contributed by atoms with E-state index in [0.717, 1.165) is 29.4 Å². The third-order valence-corrected chi connectivity index (χ3v) is 3.29. The number of nitrogens with zero attached hydrogens (tertiary/aromatic N) is 1. The first kappa shape index (κ1) is 15.6. The minimum atomic E-state index is 0.379. The average Bonchev–Trinajstić information content (AvgIpc) is 2.51. The van der Waals surface area contributed by atoms with E-state index in [1.807, 2.05) is 43.3 Å². The summed E-state index contributed by atoms with van der Waals surface area (Å²) in [7, 11) is 1.65. The molecule has 0 atom stereocenters. The van der Waals surface area contributed by atoms with Crippen LogP contribution in [-0.4, -0.2) is 18.6 Å². The minimum absolute atomic E-state index is 0.379. The third-order valence-electron chi connectivity index (χ3n) is 2.94. The molecule has 2 aromatic rings. The van der Waals surface area contributed by atoms with Gasteiger partial charge in [-0.2, -0.15) is 0 Å². The van der Waals surface area contributed by atoms with Gasteiger partial charge in [-0.25, -0.2) is 4.98 Å². The summed E-state index contributed by atoms with van der Waals surface area (Å²) in [6.07, 6.45) is 0. The predicted octanol–water partition coefficient (Wildman–Crippen LogP) is 3.89. The highest BCUT2D eigenvalue weighted by Gasteiger charge is 2.04. The Morgan fingerprint density at radius 3 is 2.52 bits per heavy atom. The fourth-order valence-corrected chi connectivity index (χ4v) is 2.01. The van der Waals surface area contributed by atoms with Crippen LogP contribution in [0.4, 0.5) is 5.82 Å². The zero-order valence-corrected chi connectivity index (χ0v) is 13.0. The number of benzene rings is 1. The maximum atomic E-state index is 6.13. The fraction of sp³-hybridized carbons (Fsp3) is 0.312. The van der Waals surface area contributed by atoms with Gasteiger partial charge >= 0.3 is 0 Å². The van der Waals surface area contributed by atoms with E-state index in [9.17, 15) is 0 Å². The first-order valence-electron chi connectivity index (χ1n) is 6.83. The molecule has 0 bridgehead atoms. The standard InChI is InChI=1S/C16H19ClN2O2/c1-3-18-16-9-8-14(17)15(19-16)11-21-10-12-4-6-13(20-2)7-5-12/h4-9H,3,10-11H2,1-2H3,(H,18,19). The molecule has 2 rings (SSSR count). The molecule has 0 aliphatic rings. The number of aromatic nitrogens is 1. The summed E-state index contributed by atoms with van der Waals surface area (Å²) in [6, 6.07) is 11.5. The quantitative estimate of drug-likeness (QED) is 0.842. The van der Waals surface area contributed by atoms with E-state index >= 15 is 0 Å². The van der Waals surface area contributed by atoms with Gasteiger partial charge in [-0.05, 0) is 36.8 Å². The summed E-state index contributed by atoms with van der Waals surface area (Å²) in [5.41, 5.74) is 1.82. The van der Waals surface area contributed by atoms with E-state index in [0.29, 0.717) is 18.2 Å². The zero-order chi connectivity index (χ0) is 15.1. The van der Waals surface area contributed by atoms with Gasteiger partial charge in [0.15, 0.2) is 0 Å². The Morgan fingerprint density at radius 2 is 1.86 bits per heavy atom. The van der Waals surface area contributed by atoms with E-state index in [-0.39, 0.29) is 0 Å². The van der Waals surface area contributed by atoms with Gasteiger partial charge in [0.25, 0.3) is 0 Å². The maximum absolute atomic E-state index is 6.13. The molecule has 0 aliphatic carbocycles. The lowest BCUT2D eigenvalue weighted by Gasteiger charge is -2.09.